The van der Waals surface area contributed by atoms with Crippen LogP contribution >= 0.6 is 0 Å². The van der Waals surface area contributed by atoms with Crippen LogP contribution < -0.4 is 26.6 Å². The van der Waals surface area contributed by atoms with Gasteiger partial charge < -0.3 is 15.4 Å². The monoisotopic (exact) mass is 446 g/mol. The Morgan fingerprint density at radius 1 is 1.34 bits per heavy atom. The van der Waals surface area contributed by atoms with Gasteiger partial charge in [0.25, 0.3) is 11.5 Å². The molecule has 0 aliphatic carbocycles. The van der Waals surface area contributed by atoms with Crippen molar-refractivity contribution in [3.05, 3.63) is 56.5 Å². The zero-order valence-corrected chi connectivity index (χ0v) is 19.0. The molecule has 32 heavy (non-hydrogen) atoms. The Kier molecular flexibility index (Phi) is 8.80. The van der Waals surface area contributed by atoms with Gasteiger partial charge in [-0.25, -0.2) is 9.18 Å². The first-order valence-corrected chi connectivity index (χ1v) is 10.6. The number of aromatic nitrogens is 2. The number of halogens is 1. The minimum Gasteiger partial charge on any atom is -0.494 e. The van der Waals surface area contributed by atoms with E-state index in [1.165, 1.54) is 40.9 Å². The molecule has 0 atom stereocenters. The molecule has 0 saturated carbocycles. The molecule has 9 heteroatoms. The van der Waals surface area contributed by atoms with E-state index in [-0.39, 0.29) is 29.7 Å². The van der Waals surface area contributed by atoms with E-state index in [1.807, 2.05) is 20.8 Å². The number of anilines is 2. The van der Waals surface area contributed by atoms with Crippen molar-refractivity contribution in [2.24, 2.45) is 5.92 Å². The number of hydrogen-bond acceptors (Lipinski definition) is 5. The summed E-state index contributed by atoms with van der Waals surface area (Å²) in [5.74, 6) is -0.743. The lowest BCUT2D eigenvalue weighted by Gasteiger charge is -2.24. The van der Waals surface area contributed by atoms with Crippen LogP contribution in [0.5, 0.6) is 5.75 Å². The number of hydrogen-bond donors (Lipinski definition) is 2. The number of carbonyl (C=O) groups excluding carboxylic acids is 1. The van der Waals surface area contributed by atoms with Crippen LogP contribution in [0.25, 0.3) is 6.08 Å². The molecule has 8 nitrogen and oxygen atoms in total. The first kappa shape index (κ1) is 24.9. The molecule has 0 radical (unpaired) electrons. The number of nitrogen functional groups attached to an aromatic ring is 1. The summed E-state index contributed by atoms with van der Waals surface area (Å²) in [5.41, 5.74) is 5.26. The van der Waals surface area contributed by atoms with Gasteiger partial charge in [0, 0.05) is 19.2 Å². The number of carbonyl (C=O) groups is 1. The normalized spacial score (nSPS) is 11.3. The minimum atomic E-state index is -0.721. The van der Waals surface area contributed by atoms with Crippen molar-refractivity contribution >= 4 is 23.5 Å². The summed E-state index contributed by atoms with van der Waals surface area (Å²) in [6.45, 7) is 6.52. The lowest BCUT2D eigenvalue weighted by atomic mass is 10.1. The standard InChI is InChI=1S/C23H31FN4O4/c1-5-6-12-28-21(25)20(22(30)26-23(28)31)27(13-11-15(2)3)19(29)10-8-16-7-9-18(32-4)17(24)14-16/h7-10,14-15H,5-6,11-13,25H2,1-4H3,(H,26,30,31)/b10-8+. The highest BCUT2D eigenvalue weighted by molar-refractivity contribution is 6.05. The van der Waals surface area contributed by atoms with E-state index < -0.39 is 23.0 Å². The van der Waals surface area contributed by atoms with Gasteiger partial charge in [-0.3, -0.25) is 19.1 Å². The first-order valence-electron chi connectivity index (χ1n) is 10.6. The third-order valence-corrected chi connectivity index (χ3v) is 5.01. The number of benzene rings is 1. The summed E-state index contributed by atoms with van der Waals surface area (Å²) < 4.78 is 20.1. The minimum absolute atomic E-state index is 0.0480. The Bertz CT molecular complexity index is 1090. The molecule has 2 aromatic rings. The quantitative estimate of drug-likeness (QED) is 0.545. The highest BCUT2D eigenvalue weighted by Crippen LogP contribution is 2.21. The summed E-state index contributed by atoms with van der Waals surface area (Å²) in [4.78, 5) is 41.5. The maximum Gasteiger partial charge on any atom is 0.330 e. The van der Waals surface area contributed by atoms with E-state index in [4.69, 9.17) is 10.5 Å². The molecule has 0 unspecified atom stereocenters. The smallest absolute Gasteiger partial charge is 0.330 e. The van der Waals surface area contributed by atoms with Crippen molar-refractivity contribution in [2.45, 2.75) is 46.6 Å². The molecule has 0 bridgehead atoms. The lowest BCUT2D eigenvalue weighted by molar-refractivity contribution is -0.114. The Labute approximate surface area is 186 Å². The topological polar surface area (TPSA) is 110 Å². The molecule has 174 valence electrons. The predicted molar refractivity (Wildman–Crippen MR) is 124 cm³/mol. The number of nitrogens with one attached hydrogen (secondary N) is 1. The molecule has 0 saturated heterocycles. The second-order valence-corrected chi connectivity index (χ2v) is 7.90. The average molecular weight is 447 g/mol. The molecular formula is C23H31FN4O4. The molecular weight excluding hydrogens is 415 g/mol. The van der Waals surface area contributed by atoms with Crippen molar-refractivity contribution < 1.29 is 13.9 Å². The van der Waals surface area contributed by atoms with E-state index >= 15 is 0 Å². The number of methoxy groups -OCH3 is 1. The molecule has 0 aliphatic heterocycles. The summed E-state index contributed by atoms with van der Waals surface area (Å²) in [6.07, 6.45) is 4.84. The van der Waals surface area contributed by atoms with Crippen molar-refractivity contribution in [1.29, 1.82) is 0 Å². The molecule has 2 rings (SSSR count). The molecule has 1 aromatic carbocycles. The number of ether oxygens (including phenoxy) is 1. The summed E-state index contributed by atoms with van der Waals surface area (Å²) in [6, 6.07) is 4.31. The highest BCUT2D eigenvalue weighted by atomic mass is 19.1. The lowest BCUT2D eigenvalue weighted by Crippen LogP contribution is -2.41. The molecule has 0 aliphatic rings. The Balaban J connectivity index is 2.45. The Morgan fingerprint density at radius 2 is 2.06 bits per heavy atom. The van der Waals surface area contributed by atoms with E-state index in [9.17, 15) is 18.8 Å². The Morgan fingerprint density at radius 3 is 2.66 bits per heavy atom. The third kappa shape index (κ3) is 6.09. The first-order chi connectivity index (χ1) is 15.2. The number of unbranched alkanes of at least 4 members (excludes halogenated alkanes) is 1. The van der Waals surface area contributed by atoms with Crippen LogP contribution in [0, 0.1) is 11.7 Å². The van der Waals surface area contributed by atoms with Gasteiger partial charge in [-0.1, -0.05) is 33.3 Å². The fourth-order valence-electron chi connectivity index (χ4n) is 3.14. The van der Waals surface area contributed by atoms with Crippen molar-refractivity contribution in [2.75, 3.05) is 24.3 Å². The molecule has 0 fully saturated rings. The molecule has 3 N–H and O–H groups in total. The maximum atomic E-state index is 13.9. The van der Waals surface area contributed by atoms with Gasteiger partial charge in [-0.05, 0) is 42.5 Å². The Hall–Kier alpha value is -3.36. The summed E-state index contributed by atoms with van der Waals surface area (Å²) >= 11 is 0. The summed E-state index contributed by atoms with van der Waals surface area (Å²) in [7, 11) is 1.37. The molecule has 1 heterocycles. The van der Waals surface area contributed by atoms with Crippen LogP contribution in [0.3, 0.4) is 0 Å². The van der Waals surface area contributed by atoms with Gasteiger partial charge in [0.2, 0.25) is 0 Å². The van der Waals surface area contributed by atoms with Gasteiger partial charge in [0.05, 0.1) is 7.11 Å². The van der Waals surface area contributed by atoms with Crippen LogP contribution in [0.2, 0.25) is 0 Å². The van der Waals surface area contributed by atoms with Gasteiger partial charge >= 0.3 is 5.69 Å². The van der Waals surface area contributed by atoms with Crippen LogP contribution in [0.4, 0.5) is 15.9 Å². The molecule has 0 spiro atoms. The van der Waals surface area contributed by atoms with Gasteiger partial charge in [-0.2, -0.15) is 0 Å². The van der Waals surface area contributed by atoms with E-state index in [1.54, 1.807) is 6.07 Å². The van der Waals surface area contributed by atoms with Crippen LogP contribution in [0.15, 0.2) is 33.9 Å². The maximum absolute atomic E-state index is 13.9. The largest absolute Gasteiger partial charge is 0.494 e. The second kappa shape index (κ2) is 11.3. The van der Waals surface area contributed by atoms with E-state index in [2.05, 4.69) is 4.98 Å². The average Bonchev–Trinajstić information content (AvgIpc) is 2.73. The molecule has 1 aromatic heterocycles. The van der Waals surface area contributed by atoms with Crippen molar-refractivity contribution in [3.63, 3.8) is 0 Å². The predicted octanol–water partition coefficient (Wildman–Crippen LogP) is 3.16. The van der Waals surface area contributed by atoms with Gasteiger partial charge in [0.1, 0.15) is 5.82 Å². The zero-order chi connectivity index (χ0) is 23.8. The summed E-state index contributed by atoms with van der Waals surface area (Å²) in [5, 5.41) is 0. The van der Waals surface area contributed by atoms with Gasteiger partial charge in [0.15, 0.2) is 17.3 Å². The third-order valence-electron chi connectivity index (χ3n) is 5.01. The fourth-order valence-corrected chi connectivity index (χ4v) is 3.14. The zero-order valence-electron chi connectivity index (χ0n) is 19.0. The number of aromatic amines is 1. The SMILES string of the molecule is CCCCn1c(N)c(N(CCC(C)C)C(=O)/C=C/c2ccc(OC)c(F)c2)c(=O)[nH]c1=O. The van der Waals surface area contributed by atoms with Crippen LogP contribution in [-0.2, 0) is 11.3 Å². The van der Waals surface area contributed by atoms with Crippen LogP contribution in [0.1, 0.15) is 45.6 Å². The van der Waals surface area contributed by atoms with Crippen LogP contribution in [-0.4, -0.2) is 29.1 Å². The van der Waals surface area contributed by atoms with Crippen molar-refractivity contribution in [1.82, 2.24) is 9.55 Å². The van der Waals surface area contributed by atoms with Crippen molar-refractivity contribution in [3.8, 4) is 5.75 Å². The highest BCUT2D eigenvalue weighted by Gasteiger charge is 2.23. The molecule has 1 amide bonds. The van der Waals surface area contributed by atoms with E-state index in [0.29, 0.717) is 24.9 Å². The number of rotatable bonds is 10. The number of nitrogens with zero attached hydrogens (tertiary/aromatic N) is 2. The number of nitrogens with two attached hydrogens (primary N) is 1. The fraction of sp³-hybridized carbons (Fsp3) is 0.435. The second-order valence-electron chi connectivity index (χ2n) is 7.90. The van der Waals surface area contributed by atoms with Gasteiger partial charge in [-0.15, -0.1) is 0 Å². The number of amides is 1. The van der Waals surface area contributed by atoms with E-state index in [0.717, 1.165) is 6.42 Å². The number of H-pyrrole nitrogens is 1.